The lowest BCUT2D eigenvalue weighted by Gasteiger charge is -2.31. The lowest BCUT2D eigenvalue weighted by atomic mass is 10.1. The van der Waals surface area contributed by atoms with Gasteiger partial charge < -0.3 is 19.5 Å². The number of hydrogen-bond acceptors (Lipinski definition) is 7. The van der Waals surface area contributed by atoms with E-state index in [0.29, 0.717) is 6.04 Å². The number of likely N-dealkylation sites (tertiary alicyclic amines) is 1. The van der Waals surface area contributed by atoms with E-state index in [1.54, 1.807) is 0 Å². The van der Waals surface area contributed by atoms with Gasteiger partial charge in [0.1, 0.15) is 11.3 Å². The highest BCUT2D eigenvalue weighted by Crippen LogP contribution is 2.31. The van der Waals surface area contributed by atoms with Crippen LogP contribution in [0.2, 0.25) is 0 Å². The second-order valence-corrected chi connectivity index (χ2v) is 9.85. The Morgan fingerprint density at radius 3 is 2.75 bits per heavy atom. The van der Waals surface area contributed by atoms with Crippen molar-refractivity contribution in [1.82, 2.24) is 34.6 Å². The van der Waals surface area contributed by atoms with E-state index in [-0.39, 0.29) is 0 Å². The van der Waals surface area contributed by atoms with Crippen molar-refractivity contribution in [1.29, 1.82) is 0 Å². The van der Waals surface area contributed by atoms with Crippen LogP contribution in [0.3, 0.4) is 0 Å². The number of aryl methyl sites for hydroxylation is 1. The Bertz CT molecular complexity index is 1330. The third kappa shape index (κ3) is 4.49. The SMILES string of the molecule is CCN1CCC(n2cc(-c3c[nH]c4ncc(-c5cnc(N6CCCOCC6)c(C)c5)nc34)cn2)CC1. The van der Waals surface area contributed by atoms with Crippen LogP contribution in [-0.2, 0) is 4.74 Å². The number of piperidine rings is 1. The minimum atomic E-state index is 0.455. The number of H-pyrrole nitrogens is 1. The molecule has 0 aromatic carbocycles. The minimum Gasteiger partial charge on any atom is -0.380 e. The van der Waals surface area contributed by atoms with Crippen molar-refractivity contribution in [2.75, 3.05) is 50.8 Å². The van der Waals surface area contributed by atoms with Gasteiger partial charge in [-0.25, -0.2) is 15.0 Å². The molecule has 2 fully saturated rings. The summed E-state index contributed by atoms with van der Waals surface area (Å²) in [5, 5.41) is 4.72. The average Bonchev–Trinajstić information content (AvgIpc) is 3.48. The molecule has 0 atom stereocenters. The van der Waals surface area contributed by atoms with E-state index in [9.17, 15) is 0 Å². The largest absolute Gasteiger partial charge is 0.380 e. The van der Waals surface area contributed by atoms with Crippen LogP contribution in [0.25, 0.3) is 33.5 Å². The maximum absolute atomic E-state index is 5.61. The normalized spacial score (nSPS) is 18.1. The molecule has 0 bridgehead atoms. The van der Waals surface area contributed by atoms with Crippen molar-refractivity contribution in [2.24, 2.45) is 0 Å². The molecular weight excluding hydrogens is 452 g/mol. The molecule has 0 radical (unpaired) electrons. The second-order valence-electron chi connectivity index (χ2n) is 9.85. The molecule has 9 heteroatoms. The standard InChI is InChI=1S/C27H34N8O/c1-3-33-8-5-22(6-9-33)35-18-21(15-31-35)23-16-28-26-25(23)32-24(17-29-26)20-13-19(2)27(30-14-20)34-7-4-11-36-12-10-34/h13-18,22H,3-12H2,1-2H3,(H,28,29). The Morgan fingerprint density at radius 2 is 1.92 bits per heavy atom. The summed E-state index contributed by atoms with van der Waals surface area (Å²) in [6.45, 7) is 11.1. The van der Waals surface area contributed by atoms with Crippen LogP contribution in [0.5, 0.6) is 0 Å². The summed E-state index contributed by atoms with van der Waals surface area (Å²) in [6, 6.07) is 2.62. The van der Waals surface area contributed by atoms with Gasteiger partial charge in [0, 0.05) is 68.1 Å². The summed E-state index contributed by atoms with van der Waals surface area (Å²) in [5.74, 6) is 1.03. The van der Waals surface area contributed by atoms with Crippen molar-refractivity contribution < 1.29 is 4.74 Å². The highest BCUT2D eigenvalue weighted by molar-refractivity contribution is 5.91. The molecule has 4 aromatic rings. The Morgan fingerprint density at radius 1 is 1.03 bits per heavy atom. The van der Waals surface area contributed by atoms with Gasteiger partial charge in [0.15, 0.2) is 5.65 Å². The molecule has 9 nitrogen and oxygen atoms in total. The fourth-order valence-corrected chi connectivity index (χ4v) is 5.42. The smallest absolute Gasteiger partial charge is 0.156 e. The molecular formula is C27H34N8O. The van der Waals surface area contributed by atoms with Crippen molar-refractivity contribution >= 4 is 17.0 Å². The van der Waals surface area contributed by atoms with Gasteiger partial charge in [-0.3, -0.25) is 4.68 Å². The minimum absolute atomic E-state index is 0.455. The Hall–Kier alpha value is -3.30. The van der Waals surface area contributed by atoms with Crippen LogP contribution in [0.4, 0.5) is 5.82 Å². The Labute approximate surface area is 211 Å². The van der Waals surface area contributed by atoms with E-state index in [1.807, 2.05) is 24.8 Å². The molecule has 0 unspecified atom stereocenters. The third-order valence-electron chi connectivity index (χ3n) is 7.54. The molecule has 0 spiro atoms. The van der Waals surface area contributed by atoms with E-state index in [4.69, 9.17) is 19.8 Å². The molecule has 2 aliphatic rings. The van der Waals surface area contributed by atoms with E-state index >= 15 is 0 Å². The highest BCUT2D eigenvalue weighted by atomic mass is 16.5. The molecule has 2 saturated heterocycles. The third-order valence-corrected chi connectivity index (χ3v) is 7.54. The van der Waals surface area contributed by atoms with E-state index in [1.165, 1.54) is 0 Å². The quantitative estimate of drug-likeness (QED) is 0.455. The van der Waals surface area contributed by atoms with Gasteiger partial charge >= 0.3 is 0 Å². The molecule has 1 N–H and O–H groups in total. The van der Waals surface area contributed by atoms with E-state index in [2.05, 4.69) is 50.6 Å². The Balaban J connectivity index is 1.26. The molecule has 36 heavy (non-hydrogen) atoms. The summed E-state index contributed by atoms with van der Waals surface area (Å²) >= 11 is 0. The summed E-state index contributed by atoms with van der Waals surface area (Å²) in [6.07, 6.45) is 13.1. The van der Waals surface area contributed by atoms with Crippen molar-refractivity contribution in [3.8, 4) is 22.4 Å². The predicted molar refractivity (Wildman–Crippen MR) is 141 cm³/mol. The van der Waals surface area contributed by atoms with Gasteiger partial charge in [0.2, 0.25) is 0 Å². The first-order valence-corrected chi connectivity index (χ1v) is 13.1. The first-order valence-electron chi connectivity index (χ1n) is 13.1. The molecule has 6 heterocycles. The van der Waals surface area contributed by atoms with Gasteiger partial charge in [-0.2, -0.15) is 5.10 Å². The maximum atomic E-state index is 5.61. The van der Waals surface area contributed by atoms with Crippen molar-refractivity contribution in [2.45, 2.75) is 39.2 Å². The van der Waals surface area contributed by atoms with Crippen molar-refractivity contribution in [3.63, 3.8) is 0 Å². The monoisotopic (exact) mass is 486 g/mol. The Kier molecular flexibility index (Phi) is 6.41. The second kappa shape index (κ2) is 9.99. The van der Waals surface area contributed by atoms with Gasteiger partial charge in [-0.05, 0) is 44.4 Å². The van der Waals surface area contributed by atoms with E-state index in [0.717, 1.165) is 110 Å². The van der Waals surface area contributed by atoms with Crippen LogP contribution in [0.15, 0.2) is 37.1 Å². The maximum Gasteiger partial charge on any atom is 0.156 e. The van der Waals surface area contributed by atoms with Crippen LogP contribution in [-0.4, -0.2) is 80.6 Å². The van der Waals surface area contributed by atoms with Crippen LogP contribution < -0.4 is 4.90 Å². The number of aromatic nitrogens is 6. The van der Waals surface area contributed by atoms with Crippen LogP contribution in [0, 0.1) is 6.92 Å². The lowest BCUT2D eigenvalue weighted by molar-refractivity contribution is 0.152. The van der Waals surface area contributed by atoms with Crippen LogP contribution >= 0.6 is 0 Å². The summed E-state index contributed by atoms with van der Waals surface area (Å²) in [5.41, 5.74) is 6.68. The lowest BCUT2D eigenvalue weighted by Crippen LogP contribution is -2.34. The number of fused-ring (bicyclic) bond motifs is 1. The molecule has 0 aliphatic carbocycles. The number of nitrogens with zero attached hydrogens (tertiary/aromatic N) is 7. The summed E-state index contributed by atoms with van der Waals surface area (Å²) < 4.78 is 7.74. The molecule has 0 amide bonds. The van der Waals surface area contributed by atoms with Crippen LogP contribution in [0.1, 0.15) is 37.8 Å². The topological polar surface area (TPSA) is 88.0 Å². The molecule has 188 valence electrons. The zero-order valence-electron chi connectivity index (χ0n) is 21.2. The first-order chi connectivity index (χ1) is 17.7. The van der Waals surface area contributed by atoms with Gasteiger partial charge in [0.05, 0.1) is 30.7 Å². The number of rotatable bonds is 5. The zero-order chi connectivity index (χ0) is 24.5. The molecule has 6 rings (SSSR count). The average molecular weight is 487 g/mol. The first kappa shape index (κ1) is 23.1. The number of aromatic amines is 1. The number of ether oxygens (including phenoxy) is 1. The highest BCUT2D eigenvalue weighted by Gasteiger charge is 2.21. The zero-order valence-corrected chi connectivity index (χ0v) is 21.2. The summed E-state index contributed by atoms with van der Waals surface area (Å²) in [4.78, 5) is 22.6. The van der Waals surface area contributed by atoms with Crippen molar-refractivity contribution in [3.05, 3.63) is 42.6 Å². The number of anilines is 1. The predicted octanol–water partition coefficient (Wildman–Crippen LogP) is 4.08. The summed E-state index contributed by atoms with van der Waals surface area (Å²) in [7, 11) is 0. The van der Waals surface area contributed by atoms with Gasteiger partial charge in [0.25, 0.3) is 0 Å². The number of nitrogens with one attached hydrogen (secondary N) is 1. The molecule has 0 saturated carbocycles. The van der Waals surface area contributed by atoms with Gasteiger partial charge in [-0.1, -0.05) is 6.92 Å². The molecule has 4 aromatic heterocycles. The van der Waals surface area contributed by atoms with E-state index < -0.39 is 0 Å². The number of hydrogen-bond donors (Lipinski definition) is 1. The molecule has 2 aliphatic heterocycles. The number of pyridine rings is 1. The fraction of sp³-hybridized carbons (Fsp3) is 0.481. The van der Waals surface area contributed by atoms with Gasteiger partial charge in [-0.15, -0.1) is 0 Å². The fourth-order valence-electron chi connectivity index (χ4n) is 5.42.